The highest BCUT2D eigenvalue weighted by molar-refractivity contribution is 7.94. The largest absolute Gasteiger partial charge is 0.452 e. The van der Waals surface area contributed by atoms with E-state index in [2.05, 4.69) is 0 Å². The molecule has 1 aliphatic heterocycles. The number of benzene rings is 2. The lowest BCUT2D eigenvalue weighted by Gasteiger charge is -2.27. The number of hydrogen-bond acceptors (Lipinski definition) is 6. The van der Waals surface area contributed by atoms with Crippen LogP contribution in [0, 0.1) is 11.3 Å². The predicted octanol–water partition coefficient (Wildman–Crippen LogP) is 2.05. The van der Waals surface area contributed by atoms with Crippen LogP contribution in [0.2, 0.25) is 0 Å². The van der Waals surface area contributed by atoms with Gasteiger partial charge in [-0.2, -0.15) is 5.26 Å². The Labute approximate surface area is 168 Å². The molecule has 0 radical (unpaired) electrons. The zero-order chi connectivity index (χ0) is 20.9. The van der Waals surface area contributed by atoms with E-state index in [1.807, 2.05) is 36.4 Å². The van der Waals surface area contributed by atoms with E-state index in [9.17, 15) is 18.0 Å². The van der Waals surface area contributed by atoms with Crippen molar-refractivity contribution >= 4 is 21.7 Å². The molecule has 1 heterocycles. The molecule has 8 heteroatoms. The number of sulfone groups is 1. The van der Waals surface area contributed by atoms with E-state index < -0.39 is 34.4 Å². The van der Waals surface area contributed by atoms with Gasteiger partial charge >= 0.3 is 5.97 Å². The maximum Gasteiger partial charge on any atom is 0.338 e. The molecule has 1 aliphatic rings. The lowest BCUT2D eigenvalue weighted by Crippen LogP contribution is -2.42. The lowest BCUT2D eigenvalue weighted by molar-refractivity contribution is -0.136. The van der Waals surface area contributed by atoms with Gasteiger partial charge in [0.15, 0.2) is 16.4 Å². The third-order valence-electron chi connectivity index (χ3n) is 4.40. The number of nitriles is 1. The summed E-state index contributed by atoms with van der Waals surface area (Å²) >= 11 is 0. The van der Waals surface area contributed by atoms with E-state index in [0.29, 0.717) is 5.56 Å². The van der Waals surface area contributed by atoms with Crippen LogP contribution in [0.25, 0.3) is 0 Å². The second kappa shape index (κ2) is 8.71. The van der Waals surface area contributed by atoms with Crippen LogP contribution in [0.3, 0.4) is 0 Å². The van der Waals surface area contributed by atoms with Gasteiger partial charge in [-0.3, -0.25) is 4.79 Å². The highest BCUT2D eigenvalue weighted by Gasteiger charge is 2.30. The number of rotatable bonds is 6. The van der Waals surface area contributed by atoms with E-state index in [-0.39, 0.29) is 17.9 Å². The van der Waals surface area contributed by atoms with Gasteiger partial charge in [0.1, 0.15) is 0 Å². The van der Waals surface area contributed by atoms with Crippen LogP contribution in [-0.2, 0) is 25.9 Å². The summed E-state index contributed by atoms with van der Waals surface area (Å²) in [5, 5.41) is 9.90. The van der Waals surface area contributed by atoms with Gasteiger partial charge in [0.25, 0.3) is 5.91 Å². The second-order valence-corrected chi connectivity index (χ2v) is 8.43. The fourth-order valence-electron chi connectivity index (χ4n) is 2.90. The van der Waals surface area contributed by atoms with E-state index in [1.54, 1.807) is 0 Å². The average molecular weight is 410 g/mol. The van der Waals surface area contributed by atoms with Gasteiger partial charge in [0, 0.05) is 12.0 Å². The van der Waals surface area contributed by atoms with Crippen LogP contribution >= 0.6 is 0 Å². The zero-order valence-corrected chi connectivity index (χ0v) is 16.2. The molecule has 0 N–H and O–H groups in total. The molecule has 7 nitrogen and oxygen atoms in total. The van der Waals surface area contributed by atoms with Crippen molar-refractivity contribution in [3.8, 4) is 6.07 Å². The Hall–Kier alpha value is -3.44. The van der Waals surface area contributed by atoms with Crippen molar-refractivity contribution in [1.82, 2.24) is 4.90 Å². The minimum atomic E-state index is -3.36. The maximum atomic E-state index is 12.8. The van der Waals surface area contributed by atoms with E-state index >= 15 is 0 Å². The van der Waals surface area contributed by atoms with Crippen molar-refractivity contribution in [1.29, 1.82) is 5.26 Å². The highest BCUT2D eigenvalue weighted by Crippen LogP contribution is 2.18. The van der Waals surface area contributed by atoms with Gasteiger partial charge in [0.05, 0.1) is 29.0 Å². The summed E-state index contributed by atoms with van der Waals surface area (Å²) in [5.41, 5.74) is 1.45. The van der Waals surface area contributed by atoms with E-state index in [1.165, 1.54) is 35.2 Å². The molecule has 1 amide bonds. The number of amides is 1. The Morgan fingerprint density at radius 2 is 1.79 bits per heavy atom. The first-order chi connectivity index (χ1) is 13.9. The lowest BCUT2D eigenvalue weighted by atomic mass is 10.1. The molecular weight excluding hydrogens is 392 g/mol. The van der Waals surface area contributed by atoms with Gasteiger partial charge in [-0.25, -0.2) is 13.2 Å². The second-order valence-electron chi connectivity index (χ2n) is 6.50. The maximum absolute atomic E-state index is 12.8. The molecule has 148 valence electrons. The Bertz CT molecular complexity index is 1070. The summed E-state index contributed by atoms with van der Waals surface area (Å²) in [5.74, 6) is -1.39. The van der Waals surface area contributed by atoms with Gasteiger partial charge in [0.2, 0.25) is 0 Å². The van der Waals surface area contributed by atoms with Crippen molar-refractivity contribution < 1.29 is 22.7 Å². The molecule has 0 fully saturated rings. The standard InChI is InChI=1S/C21H18N2O5S/c22-12-16-6-8-18(9-7-16)21(25)28-14-20(24)23(13-17-4-2-1-3-5-17)19-10-11-29(26,27)15-19/h1-11,19H,13-15H2/t19-/m0/s1. The molecule has 29 heavy (non-hydrogen) atoms. The summed E-state index contributed by atoms with van der Waals surface area (Å²) < 4.78 is 28.7. The van der Waals surface area contributed by atoms with Gasteiger partial charge in [-0.15, -0.1) is 0 Å². The van der Waals surface area contributed by atoms with Crippen LogP contribution in [0.15, 0.2) is 66.1 Å². The van der Waals surface area contributed by atoms with Crippen molar-refractivity contribution in [2.45, 2.75) is 12.6 Å². The van der Waals surface area contributed by atoms with Crippen LogP contribution < -0.4 is 0 Å². The number of carbonyl (C=O) groups is 2. The minimum absolute atomic E-state index is 0.193. The first kappa shape index (κ1) is 20.3. The Balaban J connectivity index is 1.69. The molecule has 0 unspecified atom stereocenters. The number of esters is 1. The molecule has 2 aromatic rings. The normalized spacial score (nSPS) is 16.7. The monoisotopic (exact) mass is 410 g/mol. The predicted molar refractivity (Wildman–Crippen MR) is 105 cm³/mol. The van der Waals surface area contributed by atoms with Crippen LogP contribution in [0.4, 0.5) is 0 Å². The van der Waals surface area contributed by atoms with Crippen molar-refractivity contribution in [2.75, 3.05) is 12.4 Å². The van der Waals surface area contributed by atoms with Gasteiger partial charge in [-0.1, -0.05) is 30.3 Å². The number of nitrogens with zero attached hydrogens (tertiary/aromatic N) is 2. The molecule has 0 spiro atoms. The Morgan fingerprint density at radius 3 is 2.38 bits per heavy atom. The first-order valence-electron chi connectivity index (χ1n) is 8.79. The van der Waals surface area contributed by atoms with Crippen molar-refractivity contribution in [3.63, 3.8) is 0 Å². The Kier molecular flexibility index (Phi) is 6.10. The molecule has 3 rings (SSSR count). The van der Waals surface area contributed by atoms with Crippen LogP contribution in [-0.4, -0.2) is 43.6 Å². The average Bonchev–Trinajstić information content (AvgIpc) is 3.10. The molecule has 0 aromatic heterocycles. The molecule has 0 aliphatic carbocycles. The van der Waals surface area contributed by atoms with Crippen molar-refractivity contribution in [2.24, 2.45) is 0 Å². The zero-order valence-electron chi connectivity index (χ0n) is 15.4. The molecule has 1 atom stereocenters. The summed E-state index contributed by atoms with van der Waals surface area (Å²) in [6.07, 6.45) is 1.47. The first-order valence-corrected chi connectivity index (χ1v) is 10.5. The van der Waals surface area contributed by atoms with Gasteiger partial charge in [-0.05, 0) is 35.9 Å². The number of hydrogen-bond donors (Lipinski definition) is 0. The summed E-state index contributed by atoms with van der Waals surface area (Å²) in [4.78, 5) is 26.3. The molecular formula is C21H18N2O5S. The van der Waals surface area contributed by atoms with Crippen LogP contribution in [0.1, 0.15) is 21.5 Å². The quantitative estimate of drug-likeness (QED) is 0.675. The minimum Gasteiger partial charge on any atom is -0.452 e. The summed E-state index contributed by atoms with van der Waals surface area (Å²) in [6, 6.07) is 16.3. The topological polar surface area (TPSA) is 105 Å². The van der Waals surface area contributed by atoms with E-state index in [0.717, 1.165) is 11.0 Å². The third kappa shape index (κ3) is 5.30. The summed E-state index contributed by atoms with van der Waals surface area (Å²) in [6.45, 7) is -0.325. The SMILES string of the molecule is N#Cc1ccc(C(=O)OCC(=O)N(Cc2ccccc2)[C@H]2C=CS(=O)(=O)C2)cc1. The third-order valence-corrected chi connectivity index (χ3v) is 5.78. The van der Waals surface area contributed by atoms with Crippen LogP contribution in [0.5, 0.6) is 0 Å². The highest BCUT2D eigenvalue weighted by atomic mass is 32.2. The number of ether oxygens (including phenoxy) is 1. The van der Waals surface area contributed by atoms with Crippen molar-refractivity contribution in [3.05, 3.63) is 82.8 Å². The fraction of sp³-hybridized carbons (Fsp3) is 0.190. The number of carbonyl (C=O) groups excluding carboxylic acids is 2. The molecule has 2 aromatic carbocycles. The smallest absolute Gasteiger partial charge is 0.338 e. The molecule has 0 saturated carbocycles. The Morgan fingerprint density at radius 1 is 1.10 bits per heavy atom. The van der Waals surface area contributed by atoms with E-state index in [4.69, 9.17) is 10.00 Å². The summed E-state index contributed by atoms with van der Waals surface area (Å²) in [7, 11) is -3.36. The van der Waals surface area contributed by atoms with Gasteiger partial charge < -0.3 is 9.64 Å². The molecule has 0 saturated heterocycles. The molecule has 0 bridgehead atoms. The fourth-order valence-corrected chi connectivity index (χ4v) is 4.20.